The summed E-state index contributed by atoms with van der Waals surface area (Å²) >= 11 is 5.83. The number of halogens is 1. The molecule has 0 aliphatic rings. The normalized spacial score (nSPS) is 10.4. The summed E-state index contributed by atoms with van der Waals surface area (Å²) in [5, 5.41) is 6.75. The molecule has 0 bridgehead atoms. The lowest BCUT2D eigenvalue weighted by molar-refractivity contribution is -0.116. The van der Waals surface area contributed by atoms with Gasteiger partial charge in [-0.15, -0.1) is 0 Å². The number of carbonyl (C=O) groups excluding carboxylic acids is 1. The lowest BCUT2D eigenvalue weighted by Gasteiger charge is -2.09. The zero-order chi connectivity index (χ0) is 19.8. The van der Waals surface area contributed by atoms with E-state index in [2.05, 4.69) is 20.6 Å². The van der Waals surface area contributed by atoms with Gasteiger partial charge >= 0.3 is 0 Å². The third kappa shape index (κ3) is 6.25. The van der Waals surface area contributed by atoms with Crippen LogP contribution in [0.5, 0.6) is 5.75 Å². The third-order valence-electron chi connectivity index (χ3n) is 3.88. The van der Waals surface area contributed by atoms with Gasteiger partial charge in [0.25, 0.3) is 0 Å². The zero-order valence-corrected chi connectivity index (χ0v) is 16.2. The number of benzene rings is 2. The maximum atomic E-state index is 12.1. The summed E-state index contributed by atoms with van der Waals surface area (Å²) < 4.78 is 5.59. The van der Waals surface area contributed by atoms with Crippen molar-refractivity contribution >= 4 is 34.7 Å². The third-order valence-corrected chi connectivity index (χ3v) is 4.13. The van der Waals surface area contributed by atoms with E-state index in [9.17, 15) is 4.79 Å². The molecule has 2 aromatic carbocycles. The van der Waals surface area contributed by atoms with Crippen LogP contribution in [0.3, 0.4) is 0 Å². The van der Waals surface area contributed by atoms with E-state index in [0.29, 0.717) is 24.5 Å². The van der Waals surface area contributed by atoms with Crippen molar-refractivity contribution in [3.8, 4) is 5.75 Å². The summed E-state index contributed by atoms with van der Waals surface area (Å²) in [5.41, 5.74) is 2.52. The Bertz CT molecular complexity index is 914. The van der Waals surface area contributed by atoms with Crippen molar-refractivity contribution in [2.24, 2.45) is 0 Å². The van der Waals surface area contributed by atoms with Crippen molar-refractivity contribution in [1.29, 1.82) is 0 Å². The number of nitrogens with one attached hydrogen (secondary N) is 2. The number of nitrogens with zero attached hydrogens (tertiary/aromatic N) is 2. The molecular formula is C21H21ClN4O2. The number of rotatable bonds is 8. The number of aromatic nitrogens is 2. The molecule has 6 nitrogen and oxygen atoms in total. The minimum Gasteiger partial charge on any atom is -0.494 e. The lowest BCUT2D eigenvalue weighted by atomic mass is 10.2. The van der Waals surface area contributed by atoms with Crippen LogP contribution in [-0.4, -0.2) is 22.5 Å². The summed E-state index contributed by atoms with van der Waals surface area (Å²) in [6.45, 7) is 2.38. The fourth-order valence-corrected chi connectivity index (χ4v) is 2.61. The maximum absolute atomic E-state index is 12.1. The molecule has 3 aromatic rings. The first-order valence-corrected chi connectivity index (χ1v) is 9.30. The first kappa shape index (κ1) is 19.6. The second-order valence-electron chi connectivity index (χ2n) is 6.20. The number of aryl methyl sites for hydroxylation is 1. The van der Waals surface area contributed by atoms with Crippen molar-refractivity contribution in [3.05, 3.63) is 71.6 Å². The molecule has 2 N–H and O–H groups in total. The Morgan fingerprint density at radius 3 is 2.46 bits per heavy atom. The summed E-state index contributed by atoms with van der Waals surface area (Å²) in [4.78, 5) is 20.3. The van der Waals surface area contributed by atoms with Gasteiger partial charge in [0.15, 0.2) is 0 Å². The van der Waals surface area contributed by atoms with E-state index in [1.165, 1.54) is 6.33 Å². The number of amides is 1. The van der Waals surface area contributed by atoms with Gasteiger partial charge in [-0.1, -0.05) is 11.6 Å². The van der Waals surface area contributed by atoms with Crippen LogP contribution in [0.1, 0.15) is 18.5 Å². The molecule has 144 valence electrons. The number of anilines is 3. The van der Waals surface area contributed by atoms with Crippen LogP contribution in [0.25, 0.3) is 0 Å². The molecule has 0 atom stereocenters. The average molecular weight is 397 g/mol. The SMILES string of the molecule is Cc1cc(Nc2ccc(NC(=O)CCCOc3ccc(Cl)cc3)cc2)ncn1. The highest BCUT2D eigenvalue weighted by Gasteiger charge is 2.04. The van der Waals surface area contributed by atoms with Crippen LogP contribution in [-0.2, 0) is 4.79 Å². The lowest BCUT2D eigenvalue weighted by Crippen LogP contribution is -2.12. The predicted molar refractivity (Wildman–Crippen MR) is 111 cm³/mol. The second kappa shape index (κ2) is 9.71. The van der Waals surface area contributed by atoms with Crippen molar-refractivity contribution in [2.75, 3.05) is 17.2 Å². The first-order valence-electron chi connectivity index (χ1n) is 8.92. The summed E-state index contributed by atoms with van der Waals surface area (Å²) in [6.07, 6.45) is 2.53. The van der Waals surface area contributed by atoms with E-state index in [1.54, 1.807) is 24.3 Å². The van der Waals surface area contributed by atoms with Gasteiger partial charge in [0.05, 0.1) is 6.61 Å². The number of ether oxygens (including phenoxy) is 1. The minimum absolute atomic E-state index is 0.0492. The van der Waals surface area contributed by atoms with Gasteiger partial charge in [-0.05, 0) is 61.9 Å². The Morgan fingerprint density at radius 2 is 1.75 bits per heavy atom. The highest BCUT2D eigenvalue weighted by atomic mass is 35.5. The van der Waals surface area contributed by atoms with E-state index < -0.39 is 0 Å². The topological polar surface area (TPSA) is 76.1 Å². The number of carbonyl (C=O) groups is 1. The minimum atomic E-state index is -0.0492. The zero-order valence-electron chi connectivity index (χ0n) is 15.5. The molecule has 0 saturated carbocycles. The molecule has 28 heavy (non-hydrogen) atoms. The van der Waals surface area contributed by atoms with Gasteiger partial charge in [-0.25, -0.2) is 9.97 Å². The Morgan fingerprint density at radius 1 is 1.04 bits per heavy atom. The molecule has 0 spiro atoms. The molecule has 7 heteroatoms. The molecule has 0 unspecified atom stereocenters. The largest absolute Gasteiger partial charge is 0.494 e. The Labute approximate surface area is 168 Å². The second-order valence-corrected chi connectivity index (χ2v) is 6.64. The molecule has 3 rings (SSSR count). The maximum Gasteiger partial charge on any atom is 0.224 e. The highest BCUT2D eigenvalue weighted by Crippen LogP contribution is 2.18. The van der Waals surface area contributed by atoms with Crippen LogP contribution in [0, 0.1) is 6.92 Å². The Balaban J connectivity index is 1.40. The van der Waals surface area contributed by atoms with Gasteiger partial charge in [-0.3, -0.25) is 4.79 Å². The van der Waals surface area contributed by atoms with E-state index >= 15 is 0 Å². The van der Waals surface area contributed by atoms with Crippen molar-refractivity contribution in [1.82, 2.24) is 9.97 Å². The quantitative estimate of drug-likeness (QED) is 0.525. The molecule has 0 radical (unpaired) electrons. The van der Waals surface area contributed by atoms with Gasteiger partial charge in [0.1, 0.15) is 17.9 Å². The molecule has 0 fully saturated rings. The van der Waals surface area contributed by atoms with Crippen LogP contribution >= 0.6 is 11.6 Å². The van der Waals surface area contributed by atoms with Crippen LogP contribution < -0.4 is 15.4 Å². The average Bonchev–Trinajstić information content (AvgIpc) is 2.68. The van der Waals surface area contributed by atoms with Crippen LogP contribution in [0.15, 0.2) is 60.9 Å². The molecule has 1 amide bonds. The fourth-order valence-electron chi connectivity index (χ4n) is 2.48. The smallest absolute Gasteiger partial charge is 0.224 e. The van der Waals surface area contributed by atoms with E-state index in [1.807, 2.05) is 37.3 Å². The molecule has 1 aromatic heterocycles. The summed E-state index contributed by atoms with van der Waals surface area (Å²) in [5.74, 6) is 1.42. The number of hydrogen-bond donors (Lipinski definition) is 2. The molecule has 0 saturated heterocycles. The molecule has 1 heterocycles. The monoisotopic (exact) mass is 396 g/mol. The molecule has 0 aliphatic heterocycles. The summed E-state index contributed by atoms with van der Waals surface area (Å²) in [6, 6.07) is 16.5. The first-order chi connectivity index (χ1) is 13.6. The van der Waals surface area contributed by atoms with Crippen molar-refractivity contribution in [2.45, 2.75) is 19.8 Å². The highest BCUT2D eigenvalue weighted by molar-refractivity contribution is 6.30. The van der Waals surface area contributed by atoms with E-state index in [4.69, 9.17) is 16.3 Å². The van der Waals surface area contributed by atoms with Crippen molar-refractivity contribution in [3.63, 3.8) is 0 Å². The van der Waals surface area contributed by atoms with Crippen LogP contribution in [0.2, 0.25) is 5.02 Å². The van der Waals surface area contributed by atoms with E-state index in [-0.39, 0.29) is 5.91 Å². The van der Waals surface area contributed by atoms with Crippen LogP contribution in [0.4, 0.5) is 17.2 Å². The molecular weight excluding hydrogens is 376 g/mol. The standard InChI is InChI=1S/C21H21ClN4O2/c1-15-13-20(24-14-23-15)25-17-6-8-18(9-7-17)26-21(27)3-2-12-28-19-10-4-16(22)5-11-19/h4-11,13-14H,2-3,12H2,1H3,(H,26,27)(H,23,24,25). The summed E-state index contributed by atoms with van der Waals surface area (Å²) in [7, 11) is 0. The van der Waals surface area contributed by atoms with Gasteiger partial charge in [0, 0.05) is 34.6 Å². The Kier molecular flexibility index (Phi) is 6.81. The van der Waals surface area contributed by atoms with Gasteiger partial charge in [0.2, 0.25) is 5.91 Å². The van der Waals surface area contributed by atoms with E-state index in [0.717, 1.165) is 28.6 Å². The Hall–Kier alpha value is -3.12. The predicted octanol–water partition coefficient (Wildman–Crippen LogP) is 4.98. The fraction of sp³-hybridized carbons (Fsp3) is 0.190. The van der Waals surface area contributed by atoms with Crippen molar-refractivity contribution < 1.29 is 9.53 Å². The molecule has 0 aliphatic carbocycles. The number of hydrogen-bond acceptors (Lipinski definition) is 5. The van der Waals surface area contributed by atoms with Gasteiger partial charge < -0.3 is 15.4 Å². The van der Waals surface area contributed by atoms with Gasteiger partial charge in [-0.2, -0.15) is 0 Å².